The van der Waals surface area contributed by atoms with Crippen molar-refractivity contribution >= 4 is 0 Å². The third kappa shape index (κ3) is 46.8. The van der Waals surface area contributed by atoms with Gasteiger partial charge in [0.1, 0.15) is 6.54 Å². The highest BCUT2D eigenvalue weighted by Crippen LogP contribution is 2.23. The first-order valence-corrected chi connectivity index (χ1v) is 31.6. The number of unbranched alkanes of at least 4 members (excludes halogenated alkanes) is 42. The second kappa shape index (κ2) is 54.7. The molecule has 0 bridgehead atoms. The molecule has 0 aliphatic carbocycles. The highest BCUT2D eigenvalue weighted by Gasteiger charge is 2.26. The van der Waals surface area contributed by atoms with Crippen molar-refractivity contribution in [1.82, 2.24) is 0 Å². The van der Waals surface area contributed by atoms with Crippen LogP contribution in [-0.2, 0) is 6.54 Å². The van der Waals surface area contributed by atoms with E-state index >= 15 is 0 Å². The highest BCUT2D eigenvalue weighted by molar-refractivity contribution is 5.13. The quantitative estimate of drug-likeness (QED) is 0.0347. The molecule has 0 radical (unpaired) electrons. The Kier molecular flexibility index (Phi) is 51.8. The van der Waals surface area contributed by atoms with E-state index in [1.54, 1.807) is 5.56 Å². The minimum absolute atomic E-state index is 1.25. The molecule has 0 N–H and O–H groups in total. The maximum Gasteiger partial charge on any atom is 0.104 e. The second-order valence-corrected chi connectivity index (χ2v) is 22.1. The monoisotopic (exact) mass is 943 g/mol. The maximum atomic E-state index is 2.46. The molecular weight excluding hydrogens is 819 g/mol. The lowest BCUT2D eigenvalue weighted by Gasteiger charge is -2.39. The van der Waals surface area contributed by atoms with E-state index in [-0.39, 0.29) is 0 Å². The van der Waals surface area contributed by atoms with Crippen molar-refractivity contribution in [1.29, 1.82) is 0 Å². The van der Waals surface area contributed by atoms with Crippen LogP contribution < -0.4 is 0 Å². The molecule has 396 valence electrons. The van der Waals surface area contributed by atoms with Crippen molar-refractivity contribution in [2.24, 2.45) is 0 Å². The highest BCUT2D eigenvalue weighted by atomic mass is 15.3. The molecule has 0 aliphatic rings. The number of rotatable bonds is 56. The van der Waals surface area contributed by atoms with Crippen molar-refractivity contribution in [2.75, 3.05) is 19.6 Å². The molecule has 0 saturated heterocycles. The van der Waals surface area contributed by atoms with E-state index in [1.165, 1.54) is 339 Å². The predicted octanol–water partition coefficient (Wildman–Crippen LogP) is 23.5. The Morgan fingerprint density at radius 3 is 0.691 bits per heavy atom. The lowest BCUT2D eigenvalue weighted by molar-refractivity contribution is -0.941. The molecule has 0 unspecified atom stereocenters. The lowest BCUT2D eigenvalue weighted by atomic mass is 10.0. The molecule has 1 heteroatoms. The van der Waals surface area contributed by atoms with Crippen LogP contribution in [0.2, 0.25) is 0 Å². The zero-order valence-electron chi connectivity index (χ0n) is 47.1. The average molecular weight is 944 g/mol. The summed E-state index contributed by atoms with van der Waals surface area (Å²) in [5.41, 5.74) is 1.57. The van der Waals surface area contributed by atoms with Gasteiger partial charge in [-0.2, -0.15) is 0 Å². The van der Waals surface area contributed by atoms with E-state index in [1.807, 2.05) is 0 Å². The van der Waals surface area contributed by atoms with Gasteiger partial charge in [-0.25, -0.2) is 0 Å². The summed E-state index contributed by atoms with van der Waals surface area (Å²) in [6.45, 7) is 12.3. The fourth-order valence-corrected chi connectivity index (χ4v) is 10.7. The maximum absolute atomic E-state index is 2.46. The van der Waals surface area contributed by atoms with Crippen LogP contribution in [0.4, 0.5) is 0 Å². The third-order valence-electron chi connectivity index (χ3n) is 15.3. The van der Waals surface area contributed by atoms with E-state index in [0.717, 1.165) is 0 Å². The first kappa shape index (κ1) is 64.4. The van der Waals surface area contributed by atoms with E-state index in [4.69, 9.17) is 0 Å². The molecule has 0 heterocycles. The molecule has 0 saturated carbocycles. The first-order chi connectivity index (χ1) is 33.8. The first-order valence-electron chi connectivity index (χ1n) is 31.6. The van der Waals surface area contributed by atoms with Gasteiger partial charge in [0.15, 0.2) is 0 Å². The molecule has 0 aromatic heterocycles. The number of allylic oxidation sites excluding steroid dienone is 6. The minimum atomic E-state index is 1.25. The van der Waals surface area contributed by atoms with Gasteiger partial charge in [0.25, 0.3) is 0 Å². The Labute approximate surface area is 430 Å². The number of hydrogen-bond donors (Lipinski definition) is 0. The van der Waals surface area contributed by atoms with Gasteiger partial charge in [0, 0.05) is 5.56 Å². The van der Waals surface area contributed by atoms with E-state index in [2.05, 4.69) is 87.6 Å². The average Bonchev–Trinajstić information content (AvgIpc) is 3.35. The van der Waals surface area contributed by atoms with Crippen LogP contribution in [0.5, 0.6) is 0 Å². The molecule has 0 atom stereocenters. The van der Waals surface area contributed by atoms with Crippen molar-refractivity contribution < 1.29 is 4.48 Å². The number of nitrogens with zero attached hydrogens (tertiary/aromatic N) is 1. The fraction of sp³-hybridized carbons (Fsp3) is 0.821. The SMILES string of the molecule is CCCCCC/C=C/CCCCCCCCCCCC[N+](CCCCCCCCCCCC/C=C/CCCCCC)(CCCCCCCCCCCC/C=C/CCCCCC)Cc1ccccc1. The Morgan fingerprint density at radius 1 is 0.250 bits per heavy atom. The summed E-state index contributed by atoms with van der Waals surface area (Å²) in [4.78, 5) is 0. The third-order valence-corrected chi connectivity index (χ3v) is 15.3. The molecule has 0 amide bonds. The summed E-state index contributed by atoms with van der Waals surface area (Å²) in [5, 5.41) is 0. The summed E-state index contributed by atoms with van der Waals surface area (Å²) in [6.07, 6.45) is 82.3. The van der Waals surface area contributed by atoms with Crippen molar-refractivity contribution in [3.05, 3.63) is 72.4 Å². The van der Waals surface area contributed by atoms with Crippen LogP contribution in [0.25, 0.3) is 0 Å². The van der Waals surface area contributed by atoms with Gasteiger partial charge in [-0.05, 0) is 116 Å². The lowest BCUT2D eigenvalue weighted by Crippen LogP contribution is -2.49. The van der Waals surface area contributed by atoms with Gasteiger partial charge in [0.2, 0.25) is 0 Å². The Hall–Kier alpha value is -1.60. The van der Waals surface area contributed by atoms with Crippen LogP contribution in [0.3, 0.4) is 0 Å². The standard InChI is InChI=1S/C67H124N/c1-4-7-10-13-16-19-22-25-28-31-34-37-40-43-46-49-52-58-63-68(66-67-61-56-55-57-62-67,64-59-53-50-47-44-41-38-35-32-29-26-23-20-17-14-11-8-5-2)65-60-54-51-48-45-42-39-36-33-30-27-24-21-18-15-12-9-6-3/h19-24,55-57,61-62H,4-18,25-54,58-60,63-66H2,1-3H3/q+1/b22-19+,23-20+,24-21+. The zero-order valence-corrected chi connectivity index (χ0v) is 47.1. The van der Waals surface area contributed by atoms with Gasteiger partial charge in [-0.15, -0.1) is 0 Å². The molecule has 68 heavy (non-hydrogen) atoms. The molecule has 1 nitrogen and oxygen atoms in total. The summed E-state index contributed by atoms with van der Waals surface area (Å²) in [6, 6.07) is 11.7. The Bertz CT molecular complexity index is 1050. The van der Waals surface area contributed by atoms with Crippen molar-refractivity contribution in [2.45, 2.75) is 336 Å². The normalized spacial score (nSPS) is 12.3. The molecule has 0 aliphatic heterocycles. The van der Waals surface area contributed by atoms with E-state index in [9.17, 15) is 0 Å². The molecule has 0 spiro atoms. The Balaban J connectivity index is 2.46. The van der Waals surface area contributed by atoms with Crippen LogP contribution in [0.15, 0.2) is 66.8 Å². The van der Waals surface area contributed by atoms with Gasteiger partial charge < -0.3 is 4.48 Å². The number of quaternary nitrogens is 1. The van der Waals surface area contributed by atoms with Gasteiger partial charge in [-0.1, -0.05) is 280 Å². The smallest absolute Gasteiger partial charge is 0.104 e. The second-order valence-electron chi connectivity index (χ2n) is 22.1. The van der Waals surface area contributed by atoms with Gasteiger partial charge in [-0.3, -0.25) is 0 Å². The summed E-state index contributed by atoms with van der Waals surface area (Å²) in [7, 11) is 0. The van der Waals surface area contributed by atoms with Crippen LogP contribution in [0, 0.1) is 0 Å². The molecule has 0 fully saturated rings. The van der Waals surface area contributed by atoms with E-state index in [0.29, 0.717) is 0 Å². The van der Waals surface area contributed by atoms with Gasteiger partial charge >= 0.3 is 0 Å². The van der Waals surface area contributed by atoms with Crippen molar-refractivity contribution in [3.8, 4) is 0 Å². The fourth-order valence-electron chi connectivity index (χ4n) is 10.7. The van der Waals surface area contributed by atoms with Crippen LogP contribution >= 0.6 is 0 Å². The van der Waals surface area contributed by atoms with Crippen LogP contribution in [-0.4, -0.2) is 24.1 Å². The van der Waals surface area contributed by atoms with E-state index < -0.39 is 0 Å². The Morgan fingerprint density at radius 2 is 0.456 bits per heavy atom. The minimum Gasteiger partial charge on any atom is -0.320 e. The van der Waals surface area contributed by atoms with Crippen LogP contribution in [0.1, 0.15) is 335 Å². The largest absolute Gasteiger partial charge is 0.320 e. The molecule has 1 aromatic rings. The molecular formula is C67H124N+. The number of benzene rings is 1. The number of hydrogen-bond acceptors (Lipinski definition) is 0. The molecule has 1 aromatic carbocycles. The molecule has 1 rings (SSSR count). The summed E-state index contributed by atoms with van der Waals surface area (Å²) < 4.78 is 1.35. The topological polar surface area (TPSA) is 0 Å². The zero-order chi connectivity index (χ0) is 48.6. The van der Waals surface area contributed by atoms with Gasteiger partial charge in [0.05, 0.1) is 19.6 Å². The van der Waals surface area contributed by atoms with Crippen molar-refractivity contribution in [3.63, 3.8) is 0 Å². The summed E-state index contributed by atoms with van der Waals surface area (Å²) >= 11 is 0. The summed E-state index contributed by atoms with van der Waals surface area (Å²) in [5.74, 6) is 0. The predicted molar refractivity (Wildman–Crippen MR) is 311 cm³/mol.